The second-order valence-corrected chi connectivity index (χ2v) is 14.4. The lowest BCUT2D eigenvalue weighted by Crippen LogP contribution is -2.10. The van der Waals surface area contributed by atoms with Crippen molar-refractivity contribution < 1.29 is 4.42 Å². The molecular weight excluding hydrogens is 679 g/mol. The number of para-hydroxylation sites is 3. The van der Waals surface area contributed by atoms with Gasteiger partial charge >= 0.3 is 0 Å². The van der Waals surface area contributed by atoms with Crippen LogP contribution < -0.4 is 4.90 Å². The summed E-state index contributed by atoms with van der Waals surface area (Å²) in [6.45, 7) is 0. The lowest BCUT2D eigenvalue weighted by Gasteiger charge is -2.28. The predicted octanol–water partition coefficient (Wildman–Crippen LogP) is 15.5. The Balaban J connectivity index is 1.06. The molecule has 2 heteroatoms. The van der Waals surface area contributed by atoms with E-state index in [1.165, 1.54) is 49.0 Å². The van der Waals surface area contributed by atoms with E-state index < -0.39 is 0 Å². The van der Waals surface area contributed by atoms with Gasteiger partial charge in [-0.25, -0.2) is 0 Å². The van der Waals surface area contributed by atoms with Gasteiger partial charge in [-0.15, -0.1) is 0 Å². The van der Waals surface area contributed by atoms with Gasteiger partial charge in [-0.05, 0) is 91.1 Å². The van der Waals surface area contributed by atoms with Crippen molar-refractivity contribution in [1.29, 1.82) is 0 Å². The number of hydrogen-bond acceptors (Lipinski definition) is 2. The largest absolute Gasteiger partial charge is 0.455 e. The molecule has 0 saturated heterocycles. The van der Waals surface area contributed by atoms with E-state index in [0.717, 1.165) is 55.7 Å². The van der Waals surface area contributed by atoms with Crippen molar-refractivity contribution in [3.05, 3.63) is 212 Å². The van der Waals surface area contributed by atoms with Crippen molar-refractivity contribution in [3.8, 4) is 33.4 Å². The van der Waals surface area contributed by atoms with Gasteiger partial charge in [0.05, 0.1) is 5.69 Å². The number of hydrogen-bond donors (Lipinski definition) is 0. The number of nitrogens with zero attached hydrogens (tertiary/aromatic N) is 1. The number of benzene rings is 10. The highest BCUT2D eigenvalue weighted by molar-refractivity contribution is 6.15. The lowest BCUT2D eigenvalue weighted by atomic mass is 9.90. The van der Waals surface area contributed by atoms with Crippen LogP contribution in [0.5, 0.6) is 0 Å². The maximum Gasteiger partial charge on any atom is 0.143 e. The van der Waals surface area contributed by atoms with Crippen LogP contribution in [-0.2, 0) is 0 Å². The Hall–Kier alpha value is -7.42. The second kappa shape index (κ2) is 13.2. The molecule has 11 aromatic rings. The third kappa shape index (κ3) is 5.19. The van der Waals surface area contributed by atoms with E-state index in [1.54, 1.807) is 0 Å². The van der Waals surface area contributed by atoms with E-state index in [-0.39, 0.29) is 0 Å². The first-order valence-corrected chi connectivity index (χ1v) is 19.2. The van der Waals surface area contributed by atoms with E-state index in [1.807, 2.05) is 6.07 Å². The van der Waals surface area contributed by atoms with Gasteiger partial charge in [0.25, 0.3) is 0 Å². The normalized spacial score (nSPS) is 11.6. The van der Waals surface area contributed by atoms with Crippen LogP contribution in [0.4, 0.5) is 17.1 Å². The summed E-state index contributed by atoms with van der Waals surface area (Å²) >= 11 is 0. The fraction of sp³-hybridized carbons (Fsp3) is 0. The number of rotatable bonds is 6. The Kier molecular flexibility index (Phi) is 7.53. The Morgan fingerprint density at radius 2 is 0.857 bits per heavy atom. The molecule has 0 saturated carbocycles. The zero-order valence-electron chi connectivity index (χ0n) is 30.6. The molecule has 1 aromatic heterocycles. The zero-order chi connectivity index (χ0) is 37.0. The molecule has 0 amide bonds. The standard InChI is InChI=1S/C54H35NO/c1-2-18-39(19-3-1)55(51-35-34-45(44-21-6-7-22-46(44)51)43-25-10-15-36-14-4-5-20-41(36)43)40-32-30-37(31-33-40)42-24-11-16-38-17-12-26-48(53(38)42)50-28-13-27-49-47-23-8-9-29-52(47)56-54(49)50/h1-35H. The fourth-order valence-corrected chi connectivity index (χ4v) is 8.73. The van der Waals surface area contributed by atoms with Gasteiger partial charge in [-0.3, -0.25) is 0 Å². The van der Waals surface area contributed by atoms with Gasteiger partial charge in [0, 0.05) is 33.1 Å². The summed E-state index contributed by atoms with van der Waals surface area (Å²) in [4.78, 5) is 2.38. The summed E-state index contributed by atoms with van der Waals surface area (Å²) in [5.41, 5.74) is 12.2. The molecule has 0 atom stereocenters. The van der Waals surface area contributed by atoms with Crippen LogP contribution in [0.1, 0.15) is 0 Å². The Morgan fingerprint density at radius 3 is 1.68 bits per heavy atom. The summed E-state index contributed by atoms with van der Waals surface area (Å²) in [5, 5.41) is 9.61. The van der Waals surface area contributed by atoms with Crippen molar-refractivity contribution in [2.24, 2.45) is 0 Å². The SMILES string of the molecule is c1ccc(N(c2ccc(-c3cccc4cccc(-c5cccc6c5oc5ccccc56)c34)cc2)c2ccc(-c3cccc4ccccc34)c3ccccc23)cc1. The van der Waals surface area contributed by atoms with Crippen LogP contribution in [-0.4, -0.2) is 0 Å². The highest BCUT2D eigenvalue weighted by Crippen LogP contribution is 2.45. The van der Waals surface area contributed by atoms with Gasteiger partial charge in [0.2, 0.25) is 0 Å². The molecule has 2 nitrogen and oxygen atoms in total. The second-order valence-electron chi connectivity index (χ2n) is 14.4. The third-order valence-corrected chi connectivity index (χ3v) is 11.3. The van der Waals surface area contributed by atoms with Gasteiger partial charge in [-0.1, -0.05) is 176 Å². The third-order valence-electron chi connectivity index (χ3n) is 11.3. The van der Waals surface area contributed by atoms with Gasteiger partial charge in [-0.2, -0.15) is 0 Å². The van der Waals surface area contributed by atoms with Crippen molar-refractivity contribution in [3.63, 3.8) is 0 Å². The first-order chi connectivity index (χ1) is 27.8. The molecule has 1 heterocycles. The Morgan fingerprint density at radius 1 is 0.304 bits per heavy atom. The van der Waals surface area contributed by atoms with Gasteiger partial charge in [0.15, 0.2) is 0 Å². The molecular formula is C54H35NO. The van der Waals surface area contributed by atoms with E-state index in [2.05, 4.69) is 211 Å². The topological polar surface area (TPSA) is 16.4 Å². The number of anilines is 3. The highest BCUT2D eigenvalue weighted by Gasteiger charge is 2.20. The van der Waals surface area contributed by atoms with Crippen LogP contribution in [0.3, 0.4) is 0 Å². The monoisotopic (exact) mass is 713 g/mol. The summed E-state index contributed by atoms with van der Waals surface area (Å²) in [6, 6.07) is 76.4. The molecule has 56 heavy (non-hydrogen) atoms. The minimum atomic E-state index is 0.907. The molecule has 11 rings (SSSR count). The molecule has 0 aliphatic rings. The number of furan rings is 1. The van der Waals surface area contributed by atoms with Crippen molar-refractivity contribution in [1.82, 2.24) is 0 Å². The molecule has 0 aliphatic carbocycles. The molecule has 0 fully saturated rings. The average molecular weight is 714 g/mol. The zero-order valence-corrected chi connectivity index (χ0v) is 30.6. The fourth-order valence-electron chi connectivity index (χ4n) is 8.73. The predicted molar refractivity (Wildman–Crippen MR) is 237 cm³/mol. The molecule has 0 radical (unpaired) electrons. The average Bonchev–Trinajstić information content (AvgIpc) is 3.66. The maximum absolute atomic E-state index is 6.53. The summed E-state index contributed by atoms with van der Waals surface area (Å²) in [5.74, 6) is 0. The lowest BCUT2D eigenvalue weighted by molar-refractivity contribution is 0.670. The molecule has 0 N–H and O–H groups in total. The minimum absolute atomic E-state index is 0.907. The van der Waals surface area contributed by atoms with Crippen LogP contribution in [0.25, 0.3) is 87.6 Å². The first-order valence-electron chi connectivity index (χ1n) is 19.2. The minimum Gasteiger partial charge on any atom is -0.455 e. The van der Waals surface area contributed by atoms with Crippen molar-refractivity contribution in [2.45, 2.75) is 0 Å². The van der Waals surface area contributed by atoms with Crippen LogP contribution in [0.2, 0.25) is 0 Å². The summed E-state index contributed by atoms with van der Waals surface area (Å²) in [6.07, 6.45) is 0. The quantitative estimate of drug-likeness (QED) is 0.171. The highest BCUT2D eigenvalue weighted by atomic mass is 16.3. The van der Waals surface area contributed by atoms with Crippen LogP contribution >= 0.6 is 0 Å². The smallest absolute Gasteiger partial charge is 0.143 e. The summed E-state index contributed by atoms with van der Waals surface area (Å²) < 4.78 is 6.53. The van der Waals surface area contributed by atoms with Gasteiger partial charge in [0.1, 0.15) is 11.2 Å². The summed E-state index contributed by atoms with van der Waals surface area (Å²) in [7, 11) is 0. The van der Waals surface area contributed by atoms with E-state index >= 15 is 0 Å². The molecule has 262 valence electrons. The Labute approximate surface area is 325 Å². The molecule has 0 bridgehead atoms. The first kappa shape index (κ1) is 32.0. The van der Waals surface area contributed by atoms with Crippen LogP contribution in [0.15, 0.2) is 217 Å². The number of fused-ring (bicyclic) bond motifs is 6. The molecule has 0 aliphatic heterocycles. The maximum atomic E-state index is 6.53. The van der Waals surface area contributed by atoms with Crippen LogP contribution in [0, 0.1) is 0 Å². The molecule has 10 aromatic carbocycles. The van der Waals surface area contributed by atoms with Gasteiger partial charge < -0.3 is 9.32 Å². The van der Waals surface area contributed by atoms with E-state index in [0.29, 0.717) is 0 Å². The Bertz CT molecular complexity index is 3240. The van der Waals surface area contributed by atoms with E-state index in [9.17, 15) is 0 Å². The molecule has 0 spiro atoms. The van der Waals surface area contributed by atoms with Crippen molar-refractivity contribution in [2.75, 3.05) is 4.90 Å². The van der Waals surface area contributed by atoms with Crippen molar-refractivity contribution >= 4 is 71.3 Å². The molecule has 0 unspecified atom stereocenters. The van der Waals surface area contributed by atoms with E-state index in [4.69, 9.17) is 4.42 Å².